The zero-order valence-corrected chi connectivity index (χ0v) is 15.8. The summed E-state index contributed by atoms with van der Waals surface area (Å²) < 4.78 is 0. The molecule has 0 heterocycles. The number of unbranched alkanes of at least 4 members (excludes halogenated alkanes) is 1. The van der Waals surface area contributed by atoms with E-state index in [1.165, 1.54) is 44.9 Å². The third kappa shape index (κ3) is 6.71. The van der Waals surface area contributed by atoms with Crippen LogP contribution in [0.25, 0.3) is 0 Å². The molecule has 0 saturated heterocycles. The summed E-state index contributed by atoms with van der Waals surface area (Å²) in [5, 5.41) is 3.17. The van der Waals surface area contributed by atoms with Crippen molar-refractivity contribution in [2.45, 2.75) is 83.4 Å². The van der Waals surface area contributed by atoms with Crippen molar-refractivity contribution in [3.63, 3.8) is 0 Å². The number of carbonyl (C=O) groups excluding carboxylic acids is 1. The number of alkyl halides is 1. The number of nitrogens with one attached hydrogen (secondary N) is 1. The first kappa shape index (κ1) is 19.0. The molecule has 0 aromatic rings. The van der Waals surface area contributed by atoms with Crippen LogP contribution in [0.1, 0.15) is 78.6 Å². The van der Waals surface area contributed by atoms with Gasteiger partial charge in [-0.3, -0.25) is 4.79 Å². The van der Waals surface area contributed by atoms with Gasteiger partial charge in [-0.1, -0.05) is 68.8 Å². The maximum Gasteiger partial charge on any atom is 0.223 e. The lowest BCUT2D eigenvalue weighted by Gasteiger charge is -2.28. The van der Waals surface area contributed by atoms with Crippen LogP contribution in [-0.2, 0) is 4.79 Å². The minimum absolute atomic E-state index is 0.268. The van der Waals surface area contributed by atoms with E-state index in [2.05, 4.69) is 42.0 Å². The van der Waals surface area contributed by atoms with E-state index in [1.54, 1.807) is 0 Å². The van der Waals surface area contributed by atoms with Crippen molar-refractivity contribution >= 4 is 21.8 Å². The van der Waals surface area contributed by atoms with Gasteiger partial charge in [0.05, 0.1) is 0 Å². The first-order valence-corrected chi connectivity index (χ1v) is 9.95. The van der Waals surface area contributed by atoms with Crippen molar-refractivity contribution in [2.24, 2.45) is 17.8 Å². The Morgan fingerprint density at radius 3 is 2.29 bits per heavy atom. The van der Waals surface area contributed by atoms with Crippen molar-refractivity contribution in [1.29, 1.82) is 0 Å². The molecule has 0 aromatic carbocycles. The van der Waals surface area contributed by atoms with Crippen molar-refractivity contribution in [1.82, 2.24) is 5.32 Å². The maximum absolute atomic E-state index is 12.3. The fourth-order valence-corrected chi connectivity index (χ4v) is 4.42. The first-order valence-electron chi connectivity index (χ1n) is 9.04. The van der Waals surface area contributed by atoms with E-state index in [-0.39, 0.29) is 5.92 Å². The van der Waals surface area contributed by atoms with Gasteiger partial charge in [-0.2, -0.15) is 0 Å². The highest BCUT2D eigenvalue weighted by Gasteiger charge is 2.26. The third-order valence-corrected chi connectivity index (χ3v) is 6.29. The summed E-state index contributed by atoms with van der Waals surface area (Å²) in [7, 11) is 0. The molecular formula is C18H34BrNO. The van der Waals surface area contributed by atoms with Gasteiger partial charge in [0.25, 0.3) is 0 Å². The minimum Gasteiger partial charge on any atom is -0.355 e. The lowest BCUT2D eigenvalue weighted by Crippen LogP contribution is -2.38. The summed E-state index contributed by atoms with van der Waals surface area (Å²) in [6.45, 7) is 7.49. The Balaban J connectivity index is 2.24. The molecule has 1 fully saturated rings. The Hall–Kier alpha value is -0.0500. The van der Waals surface area contributed by atoms with E-state index in [0.29, 0.717) is 16.7 Å². The summed E-state index contributed by atoms with van der Waals surface area (Å²) in [5.74, 6) is 2.10. The normalized spacial score (nSPS) is 24.0. The van der Waals surface area contributed by atoms with Gasteiger partial charge in [0, 0.05) is 17.3 Å². The second kappa shape index (κ2) is 10.6. The number of halogens is 1. The van der Waals surface area contributed by atoms with Crippen LogP contribution in [0, 0.1) is 17.8 Å². The van der Waals surface area contributed by atoms with Crippen molar-refractivity contribution in [3.8, 4) is 0 Å². The van der Waals surface area contributed by atoms with Gasteiger partial charge in [-0.15, -0.1) is 0 Å². The summed E-state index contributed by atoms with van der Waals surface area (Å²) >= 11 is 3.74. The Morgan fingerprint density at radius 1 is 1.14 bits per heavy atom. The molecule has 0 bridgehead atoms. The SMILES string of the molecule is CCCCC1CCC(C(=O)NCC(Br)C(CC)CC)CC1. The smallest absolute Gasteiger partial charge is 0.223 e. The Kier molecular flexibility index (Phi) is 9.62. The zero-order chi connectivity index (χ0) is 15.7. The number of carbonyl (C=O) groups is 1. The van der Waals surface area contributed by atoms with Crippen LogP contribution in [0.3, 0.4) is 0 Å². The molecule has 1 aliphatic rings. The minimum atomic E-state index is 0.268. The topological polar surface area (TPSA) is 29.1 Å². The van der Waals surface area contributed by atoms with Gasteiger partial charge in [-0.05, 0) is 37.5 Å². The van der Waals surface area contributed by atoms with Crippen LogP contribution < -0.4 is 5.32 Å². The van der Waals surface area contributed by atoms with E-state index < -0.39 is 0 Å². The molecule has 0 radical (unpaired) electrons. The molecular weight excluding hydrogens is 326 g/mol. The second-order valence-corrected chi connectivity index (χ2v) is 7.87. The Bertz CT molecular complexity index is 283. The first-order chi connectivity index (χ1) is 10.1. The fourth-order valence-electron chi connectivity index (χ4n) is 3.52. The molecule has 0 spiro atoms. The highest BCUT2D eigenvalue weighted by atomic mass is 79.9. The molecule has 1 aliphatic carbocycles. The predicted octanol–water partition coefficient (Wildman–Crippen LogP) is 5.30. The quantitative estimate of drug-likeness (QED) is 0.556. The standard InChI is InChI=1S/C18H34BrNO/c1-4-7-8-14-9-11-16(12-10-14)18(21)20-13-17(19)15(5-2)6-3/h14-17H,4-13H2,1-3H3,(H,20,21). The highest BCUT2D eigenvalue weighted by molar-refractivity contribution is 9.09. The monoisotopic (exact) mass is 359 g/mol. The molecule has 1 rings (SSSR count). The van der Waals surface area contributed by atoms with Gasteiger partial charge in [0.1, 0.15) is 0 Å². The number of rotatable bonds is 9. The average Bonchev–Trinajstić information content (AvgIpc) is 2.52. The van der Waals surface area contributed by atoms with Crippen molar-refractivity contribution in [2.75, 3.05) is 6.54 Å². The van der Waals surface area contributed by atoms with Crippen LogP contribution in [0.4, 0.5) is 0 Å². The average molecular weight is 360 g/mol. The van der Waals surface area contributed by atoms with Crippen LogP contribution in [0.15, 0.2) is 0 Å². The van der Waals surface area contributed by atoms with E-state index in [9.17, 15) is 4.79 Å². The molecule has 0 aliphatic heterocycles. The Morgan fingerprint density at radius 2 is 1.76 bits per heavy atom. The van der Waals surface area contributed by atoms with Crippen LogP contribution in [-0.4, -0.2) is 17.3 Å². The van der Waals surface area contributed by atoms with Crippen molar-refractivity contribution < 1.29 is 4.79 Å². The van der Waals surface area contributed by atoms with E-state index >= 15 is 0 Å². The lowest BCUT2D eigenvalue weighted by molar-refractivity contribution is -0.126. The summed E-state index contributed by atoms with van der Waals surface area (Å²) in [6, 6.07) is 0. The van der Waals surface area contributed by atoms with E-state index in [1.807, 2.05) is 0 Å². The Labute approximate surface area is 140 Å². The molecule has 124 valence electrons. The summed E-state index contributed by atoms with van der Waals surface area (Å²) in [6.07, 6.45) is 11.0. The molecule has 21 heavy (non-hydrogen) atoms. The van der Waals surface area contributed by atoms with E-state index in [4.69, 9.17) is 0 Å². The molecule has 3 heteroatoms. The number of amides is 1. The molecule has 0 aromatic heterocycles. The second-order valence-electron chi connectivity index (χ2n) is 6.70. The lowest BCUT2D eigenvalue weighted by atomic mass is 9.79. The van der Waals surface area contributed by atoms with Gasteiger partial charge in [0.15, 0.2) is 0 Å². The number of hydrogen-bond acceptors (Lipinski definition) is 1. The molecule has 1 saturated carbocycles. The van der Waals surface area contributed by atoms with E-state index in [0.717, 1.165) is 25.3 Å². The van der Waals surface area contributed by atoms with Crippen LogP contribution in [0.2, 0.25) is 0 Å². The maximum atomic E-state index is 12.3. The predicted molar refractivity (Wildman–Crippen MR) is 94.8 cm³/mol. The molecule has 1 atom stereocenters. The molecule has 1 unspecified atom stereocenters. The van der Waals surface area contributed by atoms with Crippen molar-refractivity contribution in [3.05, 3.63) is 0 Å². The van der Waals surface area contributed by atoms with Gasteiger partial charge < -0.3 is 5.32 Å². The van der Waals surface area contributed by atoms with Gasteiger partial charge in [-0.25, -0.2) is 0 Å². The molecule has 1 amide bonds. The zero-order valence-electron chi connectivity index (χ0n) is 14.2. The van der Waals surface area contributed by atoms with Gasteiger partial charge in [0.2, 0.25) is 5.91 Å². The van der Waals surface area contributed by atoms with Gasteiger partial charge >= 0.3 is 0 Å². The fraction of sp³-hybridized carbons (Fsp3) is 0.944. The molecule has 2 nitrogen and oxygen atoms in total. The van der Waals surface area contributed by atoms with Crippen LogP contribution in [0.5, 0.6) is 0 Å². The molecule has 1 N–H and O–H groups in total. The largest absolute Gasteiger partial charge is 0.355 e. The van der Waals surface area contributed by atoms with Crippen LogP contribution >= 0.6 is 15.9 Å². The summed E-state index contributed by atoms with van der Waals surface area (Å²) in [5.41, 5.74) is 0. The number of hydrogen-bond donors (Lipinski definition) is 1. The third-order valence-electron chi connectivity index (χ3n) is 5.22. The summed E-state index contributed by atoms with van der Waals surface area (Å²) in [4.78, 5) is 12.7. The highest BCUT2D eigenvalue weighted by Crippen LogP contribution is 2.32.